The summed E-state index contributed by atoms with van der Waals surface area (Å²) in [5, 5.41) is 0. The number of hydrogen-bond donors (Lipinski definition) is 0. The second kappa shape index (κ2) is 52.3. The van der Waals surface area contributed by atoms with Gasteiger partial charge >= 0.3 is 11.9 Å². The van der Waals surface area contributed by atoms with Gasteiger partial charge in [0, 0.05) is 6.61 Å². The fraction of sp³-hybridized carbons (Fsp3) is 0.458. The van der Waals surface area contributed by atoms with Crippen molar-refractivity contribution in [2.75, 3.05) is 19.8 Å². The lowest BCUT2D eigenvalue weighted by atomic mass is 10.2. The van der Waals surface area contributed by atoms with Crippen molar-refractivity contribution >= 4 is 11.9 Å². The smallest absolute Gasteiger partial charge is 0.310 e. The number of hydrogen-bond acceptors (Lipinski definition) is 5. The van der Waals surface area contributed by atoms with Crippen molar-refractivity contribution in [3.63, 3.8) is 0 Å². The highest BCUT2D eigenvalue weighted by Gasteiger charge is 2.16. The molecule has 0 bridgehead atoms. The molecule has 0 N–H and O–H groups in total. The van der Waals surface area contributed by atoms with Crippen molar-refractivity contribution < 1.29 is 23.8 Å². The highest BCUT2D eigenvalue weighted by atomic mass is 16.6. The normalized spacial score (nSPS) is 13.9. The zero-order valence-electron chi connectivity index (χ0n) is 40.2. The summed E-state index contributed by atoms with van der Waals surface area (Å²) in [6.07, 6.45) is 81.0. The Morgan fingerprint density at radius 2 is 0.641 bits per heavy atom. The van der Waals surface area contributed by atoms with Crippen molar-refractivity contribution in [2.45, 2.75) is 155 Å². The van der Waals surface area contributed by atoms with Crippen LogP contribution in [-0.4, -0.2) is 37.9 Å². The van der Waals surface area contributed by atoms with E-state index >= 15 is 0 Å². The summed E-state index contributed by atoms with van der Waals surface area (Å²) < 4.78 is 17.1. The average Bonchev–Trinajstić information content (AvgIpc) is 3.30. The number of carbonyl (C=O) groups is 2. The van der Waals surface area contributed by atoms with Gasteiger partial charge in [0.1, 0.15) is 6.61 Å². The van der Waals surface area contributed by atoms with Gasteiger partial charge in [-0.25, -0.2) is 0 Å². The molecule has 0 saturated heterocycles. The second-order valence-electron chi connectivity index (χ2n) is 14.9. The Balaban J connectivity index is 4.66. The van der Waals surface area contributed by atoms with Gasteiger partial charge in [-0.2, -0.15) is 0 Å². The van der Waals surface area contributed by atoms with Gasteiger partial charge in [0.05, 0.1) is 19.4 Å². The van der Waals surface area contributed by atoms with Crippen molar-refractivity contribution in [3.05, 3.63) is 182 Å². The molecule has 0 saturated carbocycles. The van der Waals surface area contributed by atoms with Gasteiger partial charge in [0.15, 0.2) is 6.10 Å². The fourth-order valence-electron chi connectivity index (χ4n) is 5.51. The van der Waals surface area contributed by atoms with Gasteiger partial charge in [-0.3, -0.25) is 9.59 Å². The Kier molecular flexibility index (Phi) is 48.3. The van der Waals surface area contributed by atoms with Crippen LogP contribution in [0.15, 0.2) is 182 Å². The molecule has 5 heteroatoms. The molecule has 0 amide bonds. The van der Waals surface area contributed by atoms with Crippen LogP contribution in [0.4, 0.5) is 0 Å². The van der Waals surface area contributed by atoms with E-state index < -0.39 is 6.10 Å². The summed E-state index contributed by atoms with van der Waals surface area (Å²) >= 11 is 0. The minimum Gasteiger partial charge on any atom is -0.461 e. The molecule has 0 aliphatic carbocycles. The highest BCUT2D eigenvalue weighted by Crippen LogP contribution is 2.06. The molecule has 0 aliphatic heterocycles. The third kappa shape index (κ3) is 49.7. The predicted octanol–water partition coefficient (Wildman–Crippen LogP) is 16.7. The molecule has 0 fully saturated rings. The van der Waals surface area contributed by atoms with Crippen LogP contribution >= 0.6 is 0 Å². The first-order valence-corrected chi connectivity index (χ1v) is 24.3. The minimum atomic E-state index is -0.668. The van der Waals surface area contributed by atoms with Crippen molar-refractivity contribution in [1.82, 2.24) is 0 Å². The van der Waals surface area contributed by atoms with E-state index in [0.717, 1.165) is 116 Å². The van der Waals surface area contributed by atoms with Gasteiger partial charge in [0.2, 0.25) is 0 Å². The summed E-state index contributed by atoms with van der Waals surface area (Å²) in [6.45, 7) is 7.11. The van der Waals surface area contributed by atoms with Crippen LogP contribution in [-0.2, 0) is 23.8 Å². The summed E-state index contributed by atoms with van der Waals surface area (Å²) in [7, 11) is 0. The lowest BCUT2D eigenvalue weighted by Crippen LogP contribution is -2.29. The number of rotatable bonds is 41. The van der Waals surface area contributed by atoms with E-state index in [2.05, 4.69) is 179 Å². The van der Waals surface area contributed by atoms with E-state index in [-0.39, 0.29) is 38.0 Å². The molecule has 0 aliphatic rings. The number of esters is 2. The molecule has 64 heavy (non-hydrogen) atoms. The summed E-state index contributed by atoms with van der Waals surface area (Å²) in [4.78, 5) is 25.2. The van der Waals surface area contributed by atoms with Gasteiger partial charge in [0.25, 0.3) is 0 Å². The molecule has 1 atom stereocenters. The molecule has 0 aromatic rings. The summed E-state index contributed by atoms with van der Waals surface area (Å²) in [5.74, 6) is -0.736. The maximum absolute atomic E-state index is 12.7. The topological polar surface area (TPSA) is 61.8 Å². The molecular formula is C59H86O5. The van der Waals surface area contributed by atoms with Crippen LogP contribution in [0.3, 0.4) is 0 Å². The number of ether oxygens (including phenoxy) is 3. The average molecular weight is 875 g/mol. The maximum atomic E-state index is 12.7. The molecule has 0 radical (unpaired) electrons. The van der Waals surface area contributed by atoms with Crippen LogP contribution in [0, 0.1) is 0 Å². The van der Waals surface area contributed by atoms with E-state index in [1.165, 1.54) is 0 Å². The first-order valence-electron chi connectivity index (χ1n) is 24.3. The van der Waals surface area contributed by atoms with Crippen LogP contribution in [0.1, 0.15) is 149 Å². The molecule has 0 aromatic carbocycles. The third-order valence-corrected chi connectivity index (χ3v) is 8.98. The van der Waals surface area contributed by atoms with E-state index in [0.29, 0.717) is 6.61 Å². The standard InChI is InChI=1S/C59H86O5/c1-4-7-10-13-16-19-22-25-28-29-30-33-36-39-42-45-48-51-54-62-55-57(64-59(61)53-50-47-44-41-38-35-32-27-24-21-18-15-12-9-6-3)56-63-58(60)52-49-46-43-40-37-34-31-26-23-20-17-14-11-8-5-2/h7-12,16-21,25-28,30-33,37-42,46-47,49-50,57H,4-6,13-15,22-24,29,34-36,43-45,48,51-56H2,1-3H3/b10-7-,11-8-,12-9-,19-16-,20-17-,21-18-,28-25-,31-26-,32-27-,33-30-,40-37-,41-38-,42-39-,49-46-,50-47-. The van der Waals surface area contributed by atoms with Crippen molar-refractivity contribution in [1.29, 1.82) is 0 Å². The van der Waals surface area contributed by atoms with E-state index in [1.54, 1.807) is 0 Å². The Morgan fingerprint density at radius 1 is 0.344 bits per heavy atom. The predicted molar refractivity (Wildman–Crippen MR) is 278 cm³/mol. The van der Waals surface area contributed by atoms with E-state index in [4.69, 9.17) is 14.2 Å². The Labute approximate surface area is 391 Å². The number of allylic oxidation sites excluding steroid dienone is 28. The van der Waals surface area contributed by atoms with Gasteiger partial charge in [-0.1, -0.05) is 203 Å². The lowest BCUT2D eigenvalue weighted by molar-refractivity contribution is -0.161. The van der Waals surface area contributed by atoms with Gasteiger partial charge in [-0.05, 0) is 116 Å². The Bertz CT molecular complexity index is 1550. The molecule has 0 aromatic heterocycles. The molecule has 352 valence electrons. The quantitative estimate of drug-likeness (QED) is 0.0348. The Hall–Kier alpha value is -5.00. The van der Waals surface area contributed by atoms with Gasteiger partial charge in [-0.15, -0.1) is 0 Å². The SMILES string of the molecule is CC/C=C\C/C=C\C/C=C\C/C=C\C/C=C\CCCCOCC(COC(=O)C/C=C\C/C=C\C/C=C\C/C=C\C/C=C\CC)OC(=O)C/C=C\C/C=C\C/C=C\C/C=C\C/C=C\CC. The molecule has 5 nitrogen and oxygen atoms in total. The third-order valence-electron chi connectivity index (χ3n) is 8.98. The molecule has 0 heterocycles. The summed E-state index contributed by atoms with van der Waals surface area (Å²) in [5.41, 5.74) is 0. The lowest BCUT2D eigenvalue weighted by Gasteiger charge is -2.18. The highest BCUT2D eigenvalue weighted by molar-refractivity contribution is 5.72. The zero-order chi connectivity index (χ0) is 46.3. The molecule has 1 unspecified atom stereocenters. The van der Waals surface area contributed by atoms with Gasteiger partial charge < -0.3 is 14.2 Å². The zero-order valence-corrected chi connectivity index (χ0v) is 40.2. The molecule has 0 spiro atoms. The van der Waals surface area contributed by atoms with E-state index in [9.17, 15) is 9.59 Å². The molecular weight excluding hydrogens is 789 g/mol. The minimum absolute atomic E-state index is 0.0407. The van der Waals surface area contributed by atoms with E-state index in [1.807, 2.05) is 24.3 Å². The van der Waals surface area contributed by atoms with Crippen molar-refractivity contribution in [2.24, 2.45) is 0 Å². The largest absolute Gasteiger partial charge is 0.461 e. The summed E-state index contributed by atoms with van der Waals surface area (Å²) in [6, 6.07) is 0. The number of carbonyl (C=O) groups excluding carboxylic acids is 2. The maximum Gasteiger partial charge on any atom is 0.310 e. The molecule has 0 rings (SSSR count). The second-order valence-corrected chi connectivity index (χ2v) is 14.9. The first-order chi connectivity index (χ1) is 31.6. The van der Waals surface area contributed by atoms with Crippen LogP contribution < -0.4 is 0 Å². The fourth-order valence-corrected chi connectivity index (χ4v) is 5.51. The van der Waals surface area contributed by atoms with Crippen LogP contribution in [0.5, 0.6) is 0 Å². The van der Waals surface area contributed by atoms with Crippen LogP contribution in [0.2, 0.25) is 0 Å². The Morgan fingerprint density at radius 3 is 0.984 bits per heavy atom. The first kappa shape index (κ1) is 59.0. The van der Waals surface area contributed by atoms with Crippen LogP contribution in [0.25, 0.3) is 0 Å². The van der Waals surface area contributed by atoms with Crippen molar-refractivity contribution in [3.8, 4) is 0 Å². The number of unbranched alkanes of at least 4 members (excludes halogenated alkanes) is 2. The monoisotopic (exact) mass is 875 g/mol.